The van der Waals surface area contributed by atoms with Crippen molar-refractivity contribution in [3.05, 3.63) is 17.0 Å². The Bertz CT molecular complexity index is 497. The monoisotopic (exact) mass is 319 g/mol. The van der Waals surface area contributed by atoms with Crippen LogP contribution in [0.5, 0.6) is 0 Å². The van der Waals surface area contributed by atoms with Gasteiger partial charge in [-0.3, -0.25) is 0 Å². The third kappa shape index (κ3) is 4.82. The average Bonchev–Trinajstić information content (AvgIpc) is 2.84. The van der Waals surface area contributed by atoms with Gasteiger partial charge >= 0.3 is 0 Å². The SMILES string of the molecule is CCN(CCCN(C)C)S(=O)(=O)c1cc(CNC)cs1. The van der Waals surface area contributed by atoms with Gasteiger partial charge in [0.15, 0.2) is 0 Å². The van der Waals surface area contributed by atoms with Gasteiger partial charge in [0.2, 0.25) is 0 Å². The lowest BCUT2D eigenvalue weighted by Crippen LogP contribution is -2.32. The van der Waals surface area contributed by atoms with E-state index < -0.39 is 10.0 Å². The predicted octanol–water partition coefficient (Wildman–Crippen LogP) is 1.43. The number of sulfonamides is 1. The molecule has 0 aliphatic carbocycles. The fraction of sp³-hybridized carbons (Fsp3) is 0.692. The zero-order valence-corrected chi connectivity index (χ0v) is 14.4. The Morgan fingerprint density at radius 1 is 1.30 bits per heavy atom. The van der Waals surface area contributed by atoms with Gasteiger partial charge in [0, 0.05) is 19.6 Å². The first-order chi connectivity index (χ1) is 9.41. The van der Waals surface area contributed by atoms with E-state index in [0.717, 1.165) is 18.5 Å². The molecule has 0 bridgehead atoms. The first kappa shape index (κ1) is 17.6. The van der Waals surface area contributed by atoms with E-state index in [4.69, 9.17) is 0 Å². The van der Waals surface area contributed by atoms with Crippen LogP contribution in [0.25, 0.3) is 0 Å². The highest BCUT2D eigenvalue weighted by atomic mass is 32.2. The van der Waals surface area contributed by atoms with Gasteiger partial charge in [-0.25, -0.2) is 8.42 Å². The Balaban J connectivity index is 2.77. The van der Waals surface area contributed by atoms with E-state index in [1.165, 1.54) is 11.3 Å². The molecule has 0 aromatic carbocycles. The summed E-state index contributed by atoms with van der Waals surface area (Å²) in [7, 11) is 2.50. The fourth-order valence-electron chi connectivity index (χ4n) is 1.92. The Morgan fingerprint density at radius 3 is 2.55 bits per heavy atom. The second kappa shape index (κ2) is 8.09. The topological polar surface area (TPSA) is 52.7 Å². The number of nitrogens with zero attached hydrogens (tertiary/aromatic N) is 2. The van der Waals surface area contributed by atoms with Crippen molar-refractivity contribution in [2.75, 3.05) is 40.8 Å². The second-order valence-electron chi connectivity index (χ2n) is 4.96. The van der Waals surface area contributed by atoms with E-state index in [1.54, 1.807) is 10.4 Å². The summed E-state index contributed by atoms with van der Waals surface area (Å²) in [6.45, 7) is 4.54. The molecular formula is C13H25N3O2S2. The van der Waals surface area contributed by atoms with E-state index in [1.807, 2.05) is 33.4 Å². The summed E-state index contributed by atoms with van der Waals surface area (Å²) < 4.78 is 27.1. The lowest BCUT2D eigenvalue weighted by molar-refractivity contribution is 0.356. The Hall–Kier alpha value is -0.470. The molecule has 1 N–H and O–H groups in total. The van der Waals surface area contributed by atoms with Crippen LogP contribution in [0.4, 0.5) is 0 Å². The second-order valence-corrected chi connectivity index (χ2v) is 8.03. The molecule has 0 aliphatic rings. The van der Waals surface area contributed by atoms with Crippen molar-refractivity contribution in [1.29, 1.82) is 0 Å². The molecule has 116 valence electrons. The molecule has 0 spiro atoms. The molecule has 0 fully saturated rings. The molecular weight excluding hydrogens is 294 g/mol. The van der Waals surface area contributed by atoms with E-state index in [9.17, 15) is 8.42 Å². The van der Waals surface area contributed by atoms with Crippen LogP contribution in [0.2, 0.25) is 0 Å². The Labute approximate surface area is 126 Å². The van der Waals surface area contributed by atoms with Gasteiger partial charge < -0.3 is 10.2 Å². The third-order valence-corrected chi connectivity index (χ3v) is 6.41. The number of thiophene rings is 1. The summed E-state index contributed by atoms with van der Waals surface area (Å²) in [5.74, 6) is 0. The summed E-state index contributed by atoms with van der Waals surface area (Å²) in [4.78, 5) is 2.07. The molecule has 0 atom stereocenters. The van der Waals surface area contributed by atoms with Crippen molar-refractivity contribution >= 4 is 21.4 Å². The highest BCUT2D eigenvalue weighted by Gasteiger charge is 2.24. The van der Waals surface area contributed by atoms with Crippen LogP contribution >= 0.6 is 11.3 Å². The maximum Gasteiger partial charge on any atom is 0.252 e. The largest absolute Gasteiger partial charge is 0.316 e. The van der Waals surface area contributed by atoms with Crippen LogP contribution in [0, 0.1) is 0 Å². The van der Waals surface area contributed by atoms with Gasteiger partial charge in [-0.2, -0.15) is 4.31 Å². The minimum absolute atomic E-state index is 0.439. The van der Waals surface area contributed by atoms with Crippen LogP contribution in [0.15, 0.2) is 15.7 Å². The summed E-state index contributed by atoms with van der Waals surface area (Å²) in [6.07, 6.45) is 0.842. The van der Waals surface area contributed by atoms with E-state index >= 15 is 0 Å². The number of rotatable bonds is 9. The normalized spacial score (nSPS) is 12.5. The van der Waals surface area contributed by atoms with Crippen molar-refractivity contribution in [1.82, 2.24) is 14.5 Å². The van der Waals surface area contributed by atoms with Crippen molar-refractivity contribution < 1.29 is 8.42 Å². The summed E-state index contributed by atoms with van der Waals surface area (Å²) in [5.41, 5.74) is 1.01. The van der Waals surface area contributed by atoms with Crippen molar-refractivity contribution in [3.63, 3.8) is 0 Å². The standard InChI is InChI=1S/C13H25N3O2S2/c1-5-16(8-6-7-15(3)4)20(17,18)13-9-12(10-14-2)11-19-13/h9,11,14H,5-8,10H2,1-4H3. The van der Waals surface area contributed by atoms with Crippen LogP contribution in [-0.2, 0) is 16.6 Å². The van der Waals surface area contributed by atoms with Crippen molar-refractivity contribution in [2.24, 2.45) is 0 Å². The molecule has 1 aromatic heterocycles. The molecule has 1 rings (SSSR count). The summed E-state index contributed by atoms with van der Waals surface area (Å²) in [5, 5.41) is 4.93. The van der Waals surface area contributed by atoms with Gasteiger partial charge in [-0.15, -0.1) is 11.3 Å². The van der Waals surface area contributed by atoms with Crippen LogP contribution < -0.4 is 5.32 Å². The van der Waals surface area contributed by atoms with Gasteiger partial charge in [0.1, 0.15) is 4.21 Å². The molecule has 1 heterocycles. The maximum atomic E-state index is 12.6. The maximum absolute atomic E-state index is 12.6. The quantitative estimate of drug-likeness (QED) is 0.748. The number of hydrogen-bond donors (Lipinski definition) is 1. The minimum atomic E-state index is -3.34. The van der Waals surface area contributed by atoms with E-state index in [0.29, 0.717) is 23.8 Å². The molecule has 0 aliphatic heterocycles. The average molecular weight is 319 g/mol. The summed E-state index contributed by atoms with van der Waals surface area (Å²) >= 11 is 1.30. The highest BCUT2D eigenvalue weighted by molar-refractivity contribution is 7.91. The highest BCUT2D eigenvalue weighted by Crippen LogP contribution is 2.24. The Kier molecular flexibility index (Phi) is 7.11. The first-order valence-corrected chi connectivity index (χ1v) is 9.10. The molecule has 7 heteroatoms. The van der Waals surface area contributed by atoms with Crippen molar-refractivity contribution in [2.45, 2.75) is 24.1 Å². The van der Waals surface area contributed by atoms with Gasteiger partial charge in [-0.05, 0) is 51.1 Å². The molecule has 20 heavy (non-hydrogen) atoms. The number of nitrogens with one attached hydrogen (secondary N) is 1. The van der Waals surface area contributed by atoms with Crippen molar-refractivity contribution in [3.8, 4) is 0 Å². The number of hydrogen-bond acceptors (Lipinski definition) is 5. The zero-order chi connectivity index (χ0) is 15.2. The van der Waals surface area contributed by atoms with E-state index in [-0.39, 0.29) is 0 Å². The van der Waals surface area contributed by atoms with Gasteiger partial charge in [0.25, 0.3) is 10.0 Å². The van der Waals surface area contributed by atoms with Crippen LogP contribution in [0.3, 0.4) is 0 Å². The lowest BCUT2D eigenvalue weighted by atomic mass is 10.3. The smallest absolute Gasteiger partial charge is 0.252 e. The molecule has 5 nitrogen and oxygen atoms in total. The molecule has 0 amide bonds. The lowest BCUT2D eigenvalue weighted by Gasteiger charge is -2.20. The third-order valence-electron chi connectivity index (χ3n) is 2.97. The summed E-state index contributed by atoms with van der Waals surface area (Å²) in [6, 6.07) is 1.77. The van der Waals surface area contributed by atoms with Crippen LogP contribution in [-0.4, -0.2) is 58.4 Å². The zero-order valence-electron chi connectivity index (χ0n) is 12.7. The predicted molar refractivity (Wildman–Crippen MR) is 84.7 cm³/mol. The Morgan fingerprint density at radius 2 is 2.00 bits per heavy atom. The molecule has 0 saturated carbocycles. The first-order valence-electron chi connectivity index (χ1n) is 6.78. The van der Waals surface area contributed by atoms with E-state index in [2.05, 4.69) is 10.2 Å². The van der Waals surface area contributed by atoms with Gasteiger partial charge in [0.05, 0.1) is 0 Å². The molecule has 0 unspecified atom stereocenters. The molecule has 0 radical (unpaired) electrons. The van der Waals surface area contributed by atoms with Gasteiger partial charge in [-0.1, -0.05) is 6.92 Å². The van der Waals surface area contributed by atoms with Crippen LogP contribution in [0.1, 0.15) is 18.9 Å². The molecule has 1 aromatic rings. The fourth-order valence-corrected chi connectivity index (χ4v) is 4.77. The minimum Gasteiger partial charge on any atom is -0.316 e. The molecule has 0 saturated heterocycles.